The summed E-state index contributed by atoms with van der Waals surface area (Å²) < 4.78 is 12.6. The minimum Gasteiger partial charge on any atom is -0.384 e. The molecule has 1 unspecified atom stereocenters. The predicted molar refractivity (Wildman–Crippen MR) is 53.3 cm³/mol. The average Bonchev–Trinajstić information content (AvgIpc) is 2.71. The maximum Gasteiger partial charge on any atom is 0.123 e. The molecule has 0 spiro atoms. The number of aliphatic hydroxyl groups excluding tert-OH is 1. The molecule has 1 nitrogen and oxygen atoms in total. The van der Waals surface area contributed by atoms with Crippen LogP contribution >= 0.6 is 0 Å². The van der Waals surface area contributed by atoms with Gasteiger partial charge in [-0.3, -0.25) is 0 Å². The fourth-order valence-corrected chi connectivity index (χ4v) is 1.80. The van der Waals surface area contributed by atoms with Crippen molar-refractivity contribution in [3.05, 3.63) is 47.3 Å². The van der Waals surface area contributed by atoms with Crippen LogP contribution in [0.3, 0.4) is 0 Å². The fourth-order valence-electron chi connectivity index (χ4n) is 1.80. The number of halogens is 1. The molecular weight excluding hydrogens is 179 g/mol. The number of hydrogen-bond donors (Lipinski definition) is 1. The molecule has 0 bridgehead atoms. The van der Waals surface area contributed by atoms with Gasteiger partial charge in [0.2, 0.25) is 0 Å². The smallest absolute Gasteiger partial charge is 0.123 e. The van der Waals surface area contributed by atoms with Crippen molar-refractivity contribution in [3.63, 3.8) is 0 Å². The summed E-state index contributed by atoms with van der Waals surface area (Å²) in [6.07, 6.45) is 4.66. The highest BCUT2D eigenvalue weighted by molar-refractivity contribution is 5.27. The summed E-state index contributed by atoms with van der Waals surface area (Å²) in [6, 6.07) is 6.04. The summed E-state index contributed by atoms with van der Waals surface area (Å²) in [4.78, 5) is 0. The molecule has 0 saturated carbocycles. The molecule has 0 amide bonds. The maximum atomic E-state index is 12.6. The Morgan fingerprint density at radius 2 is 1.93 bits per heavy atom. The number of benzene rings is 1. The zero-order chi connectivity index (χ0) is 9.97. The topological polar surface area (TPSA) is 20.2 Å². The summed E-state index contributed by atoms with van der Waals surface area (Å²) in [7, 11) is 0. The fraction of sp³-hybridized carbons (Fsp3) is 0.333. The molecule has 0 radical (unpaired) electrons. The van der Waals surface area contributed by atoms with E-state index in [-0.39, 0.29) is 5.82 Å². The van der Waals surface area contributed by atoms with Crippen molar-refractivity contribution in [2.45, 2.75) is 25.4 Å². The van der Waals surface area contributed by atoms with E-state index in [1.807, 2.05) is 0 Å². The van der Waals surface area contributed by atoms with Gasteiger partial charge >= 0.3 is 0 Å². The van der Waals surface area contributed by atoms with Gasteiger partial charge in [0, 0.05) is 0 Å². The van der Waals surface area contributed by atoms with Gasteiger partial charge in [0.15, 0.2) is 0 Å². The Morgan fingerprint density at radius 3 is 2.50 bits per heavy atom. The summed E-state index contributed by atoms with van der Waals surface area (Å²) in [5, 5.41) is 9.92. The first kappa shape index (κ1) is 9.41. The number of allylic oxidation sites excluding steroid dienone is 1. The summed E-state index contributed by atoms with van der Waals surface area (Å²) in [6.45, 7) is 0. The summed E-state index contributed by atoms with van der Waals surface area (Å²) in [5.41, 5.74) is 1.84. The lowest BCUT2D eigenvalue weighted by atomic mass is 10.0. The van der Waals surface area contributed by atoms with Crippen molar-refractivity contribution >= 4 is 0 Å². The minimum atomic E-state index is -0.543. The van der Waals surface area contributed by atoms with Gasteiger partial charge in [-0.05, 0) is 42.5 Å². The van der Waals surface area contributed by atoms with E-state index in [4.69, 9.17) is 0 Å². The van der Waals surface area contributed by atoms with Gasteiger partial charge in [0.05, 0.1) is 0 Å². The summed E-state index contributed by atoms with van der Waals surface area (Å²) >= 11 is 0. The Labute approximate surface area is 82.9 Å². The van der Waals surface area contributed by atoms with Crippen LogP contribution in [0.4, 0.5) is 4.39 Å². The van der Waals surface area contributed by atoms with Crippen LogP contribution in [0.1, 0.15) is 30.9 Å². The van der Waals surface area contributed by atoms with E-state index < -0.39 is 6.10 Å². The first-order valence-corrected chi connectivity index (χ1v) is 4.90. The SMILES string of the molecule is OC(C1=CCCC1)c1ccc(F)cc1. The molecule has 1 aromatic carbocycles. The Bertz CT molecular complexity index is 340. The Hall–Kier alpha value is -1.15. The van der Waals surface area contributed by atoms with E-state index in [9.17, 15) is 9.50 Å². The van der Waals surface area contributed by atoms with Crippen LogP contribution in [-0.2, 0) is 0 Å². The first-order valence-electron chi connectivity index (χ1n) is 4.90. The molecule has 0 saturated heterocycles. The van der Waals surface area contributed by atoms with Gasteiger partial charge in [-0.15, -0.1) is 0 Å². The maximum absolute atomic E-state index is 12.6. The highest BCUT2D eigenvalue weighted by Crippen LogP contribution is 2.30. The largest absolute Gasteiger partial charge is 0.384 e. The van der Waals surface area contributed by atoms with Crippen molar-refractivity contribution in [3.8, 4) is 0 Å². The summed E-state index contributed by atoms with van der Waals surface area (Å²) in [5.74, 6) is -0.263. The van der Waals surface area contributed by atoms with E-state index in [1.165, 1.54) is 12.1 Å². The second-order valence-corrected chi connectivity index (χ2v) is 3.63. The van der Waals surface area contributed by atoms with Gasteiger partial charge in [-0.1, -0.05) is 18.2 Å². The molecule has 2 rings (SSSR count). The third-order valence-corrected chi connectivity index (χ3v) is 2.61. The highest BCUT2D eigenvalue weighted by Gasteiger charge is 2.15. The number of aliphatic hydroxyl groups is 1. The van der Waals surface area contributed by atoms with Gasteiger partial charge in [0.1, 0.15) is 11.9 Å². The van der Waals surface area contributed by atoms with Crippen molar-refractivity contribution in [1.82, 2.24) is 0 Å². The normalized spacial score (nSPS) is 18.0. The minimum absolute atomic E-state index is 0.263. The molecule has 2 heteroatoms. The molecule has 0 fully saturated rings. The van der Waals surface area contributed by atoms with E-state index in [0.29, 0.717) is 0 Å². The standard InChI is InChI=1S/C12H13FO/c13-11-7-5-10(6-8-11)12(14)9-3-1-2-4-9/h3,5-8,12,14H,1-2,4H2. The number of rotatable bonds is 2. The lowest BCUT2D eigenvalue weighted by Crippen LogP contribution is -1.99. The van der Waals surface area contributed by atoms with Gasteiger partial charge < -0.3 is 5.11 Å². The lowest BCUT2D eigenvalue weighted by Gasteiger charge is -2.11. The van der Waals surface area contributed by atoms with Crippen molar-refractivity contribution < 1.29 is 9.50 Å². The molecular formula is C12H13FO. The van der Waals surface area contributed by atoms with Crippen molar-refractivity contribution in [2.24, 2.45) is 0 Å². The van der Waals surface area contributed by atoms with Crippen LogP contribution in [0.5, 0.6) is 0 Å². The highest BCUT2D eigenvalue weighted by atomic mass is 19.1. The van der Waals surface area contributed by atoms with Crippen LogP contribution in [-0.4, -0.2) is 5.11 Å². The average molecular weight is 192 g/mol. The molecule has 1 aromatic rings. The van der Waals surface area contributed by atoms with Crippen molar-refractivity contribution in [2.75, 3.05) is 0 Å². The third-order valence-electron chi connectivity index (χ3n) is 2.61. The monoisotopic (exact) mass is 192 g/mol. The molecule has 1 atom stereocenters. The first-order chi connectivity index (χ1) is 6.77. The molecule has 0 aliphatic heterocycles. The zero-order valence-corrected chi connectivity index (χ0v) is 7.91. The second kappa shape index (κ2) is 3.93. The van der Waals surface area contributed by atoms with Gasteiger partial charge in [-0.2, -0.15) is 0 Å². The molecule has 14 heavy (non-hydrogen) atoms. The van der Waals surface area contributed by atoms with Crippen LogP contribution in [0, 0.1) is 5.82 Å². The Balaban J connectivity index is 2.18. The van der Waals surface area contributed by atoms with Crippen molar-refractivity contribution in [1.29, 1.82) is 0 Å². The molecule has 1 aliphatic carbocycles. The molecule has 74 valence electrons. The lowest BCUT2D eigenvalue weighted by molar-refractivity contribution is 0.212. The van der Waals surface area contributed by atoms with E-state index in [0.717, 1.165) is 30.4 Å². The van der Waals surface area contributed by atoms with E-state index >= 15 is 0 Å². The zero-order valence-electron chi connectivity index (χ0n) is 7.91. The van der Waals surface area contributed by atoms with Crippen LogP contribution < -0.4 is 0 Å². The molecule has 0 aromatic heterocycles. The third kappa shape index (κ3) is 1.85. The Morgan fingerprint density at radius 1 is 1.21 bits per heavy atom. The van der Waals surface area contributed by atoms with Gasteiger partial charge in [-0.25, -0.2) is 4.39 Å². The van der Waals surface area contributed by atoms with E-state index in [2.05, 4.69) is 6.08 Å². The van der Waals surface area contributed by atoms with E-state index in [1.54, 1.807) is 12.1 Å². The van der Waals surface area contributed by atoms with Crippen LogP contribution in [0.15, 0.2) is 35.9 Å². The predicted octanol–water partition coefficient (Wildman–Crippen LogP) is 2.97. The molecule has 1 aliphatic rings. The van der Waals surface area contributed by atoms with Gasteiger partial charge in [0.25, 0.3) is 0 Å². The van der Waals surface area contributed by atoms with Crippen LogP contribution in [0.25, 0.3) is 0 Å². The molecule has 1 N–H and O–H groups in total. The second-order valence-electron chi connectivity index (χ2n) is 3.63. The van der Waals surface area contributed by atoms with Crippen LogP contribution in [0.2, 0.25) is 0 Å². The number of hydrogen-bond acceptors (Lipinski definition) is 1. The quantitative estimate of drug-likeness (QED) is 0.714. The molecule has 0 heterocycles. The Kier molecular flexibility index (Phi) is 2.64.